The van der Waals surface area contributed by atoms with Gasteiger partial charge >= 0.3 is 6.18 Å². The van der Waals surface area contributed by atoms with E-state index in [1.807, 2.05) is 4.57 Å². The normalized spacial score (nSPS) is 20.4. The highest BCUT2D eigenvalue weighted by Crippen LogP contribution is 2.36. The Morgan fingerprint density at radius 1 is 1.13 bits per heavy atom. The fourth-order valence-corrected chi connectivity index (χ4v) is 5.80. The number of alkyl halides is 3. The van der Waals surface area contributed by atoms with Crippen molar-refractivity contribution < 1.29 is 21.6 Å². The van der Waals surface area contributed by atoms with Gasteiger partial charge in [0.2, 0.25) is 10.0 Å². The SMILES string of the molecule is O=S(=O)(N[C@H]1CCC[C@@H](n2cnnc2)C1)c1cc(-c2cccs2)cc(C(F)(F)F)c1. The third kappa shape index (κ3) is 4.57. The van der Waals surface area contributed by atoms with Gasteiger partial charge in [0.05, 0.1) is 10.5 Å². The Morgan fingerprint density at radius 2 is 1.90 bits per heavy atom. The third-order valence-electron chi connectivity index (χ3n) is 5.18. The molecular formula is C19H19F3N4O2S2. The van der Waals surface area contributed by atoms with Gasteiger partial charge in [-0.2, -0.15) is 13.2 Å². The largest absolute Gasteiger partial charge is 0.416 e. The first kappa shape index (κ1) is 21.0. The maximum atomic E-state index is 13.4. The van der Waals surface area contributed by atoms with Crippen molar-refractivity contribution in [2.45, 2.75) is 48.8 Å². The molecule has 2 atom stereocenters. The lowest BCUT2D eigenvalue weighted by molar-refractivity contribution is -0.137. The molecule has 1 aromatic carbocycles. The van der Waals surface area contributed by atoms with E-state index < -0.39 is 21.8 Å². The number of nitrogens with zero attached hydrogens (tertiary/aromatic N) is 3. The van der Waals surface area contributed by atoms with Gasteiger partial charge in [0.25, 0.3) is 0 Å². The lowest BCUT2D eigenvalue weighted by atomic mass is 9.91. The molecule has 2 aromatic heterocycles. The number of thiophene rings is 1. The Balaban J connectivity index is 1.62. The van der Waals surface area contributed by atoms with Crippen LogP contribution in [0.3, 0.4) is 0 Å². The van der Waals surface area contributed by atoms with Crippen LogP contribution in [0.5, 0.6) is 0 Å². The molecule has 160 valence electrons. The van der Waals surface area contributed by atoms with Crippen LogP contribution >= 0.6 is 11.3 Å². The van der Waals surface area contributed by atoms with E-state index >= 15 is 0 Å². The summed E-state index contributed by atoms with van der Waals surface area (Å²) in [6, 6.07) is 6.01. The molecule has 1 saturated carbocycles. The van der Waals surface area contributed by atoms with E-state index in [4.69, 9.17) is 0 Å². The Morgan fingerprint density at radius 3 is 2.57 bits per heavy atom. The van der Waals surface area contributed by atoms with Crippen LogP contribution in [-0.2, 0) is 16.2 Å². The predicted molar refractivity (Wildman–Crippen MR) is 106 cm³/mol. The topological polar surface area (TPSA) is 76.9 Å². The van der Waals surface area contributed by atoms with Crippen LogP contribution < -0.4 is 4.72 Å². The number of rotatable bonds is 5. The molecule has 6 nitrogen and oxygen atoms in total. The predicted octanol–water partition coefficient (Wildman–Crippen LogP) is 4.49. The molecule has 3 aromatic rings. The van der Waals surface area contributed by atoms with Crippen molar-refractivity contribution in [3.63, 3.8) is 0 Å². The second-order valence-electron chi connectivity index (χ2n) is 7.27. The number of hydrogen-bond acceptors (Lipinski definition) is 5. The van der Waals surface area contributed by atoms with Gasteiger partial charge < -0.3 is 4.57 Å². The fraction of sp³-hybridized carbons (Fsp3) is 0.368. The van der Waals surface area contributed by atoms with E-state index in [2.05, 4.69) is 14.9 Å². The minimum atomic E-state index is -4.65. The summed E-state index contributed by atoms with van der Waals surface area (Å²) in [4.78, 5) is 0.190. The summed E-state index contributed by atoms with van der Waals surface area (Å²) in [5.41, 5.74) is -0.758. The number of halogens is 3. The van der Waals surface area contributed by atoms with Crippen LogP contribution in [-0.4, -0.2) is 29.2 Å². The Labute approximate surface area is 175 Å². The van der Waals surface area contributed by atoms with Crippen LogP contribution in [0, 0.1) is 0 Å². The number of benzene rings is 1. The first-order chi connectivity index (χ1) is 14.2. The van der Waals surface area contributed by atoms with Crippen LogP contribution in [0.4, 0.5) is 13.2 Å². The number of aromatic nitrogens is 3. The molecule has 1 N–H and O–H groups in total. The highest BCUT2D eigenvalue weighted by molar-refractivity contribution is 7.89. The van der Waals surface area contributed by atoms with E-state index in [1.54, 1.807) is 30.2 Å². The van der Waals surface area contributed by atoms with E-state index in [1.165, 1.54) is 17.4 Å². The minimum Gasteiger partial charge on any atom is -0.317 e. The summed E-state index contributed by atoms with van der Waals surface area (Å²) in [6.07, 6.45) is 1.31. The third-order valence-corrected chi connectivity index (χ3v) is 7.60. The molecule has 30 heavy (non-hydrogen) atoms. The summed E-state index contributed by atoms with van der Waals surface area (Å²) >= 11 is 1.25. The maximum absolute atomic E-state index is 13.4. The zero-order chi connectivity index (χ0) is 21.4. The van der Waals surface area contributed by atoms with Crippen molar-refractivity contribution >= 4 is 21.4 Å². The molecule has 1 aliphatic rings. The van der Waals surface area contributed by atoms with E-state index in [-0.39, 0.29) is 22.5 Å². The smallest absolute Gasteiger partial charge is 0.317 e. The summed E-state index contributed by atoms with van der Waals surface area (Å²) < 4.78 is 70.7. The molecule has 0 radical (unpaired) electrons. The molecule has 2 heterocycles. The van der Waals surface area contributed by atoms with Crippen molar-refractivity contribution in [2.24, 2.45) is 0 Å². The summed E-state index contributed by atoms with van der Waals surface area (Å²) in [5.74, 6) is 0. The minimum absolute atomic E-state index is 0.0460. The average molecular weight is 457 g/mol. The molecule has 0 bridgehead atoms. The van der Waals surface area contributed by atoms with Gasteiger partial charge in [-0.05, 0) is 60.9 Å². The fourth-order valence-electron chi connectivity index (χ4n) is 3.73. The van der Waals surface area contributed by atoms with Gasteiger partial charge in [0.15, 0.2) is 0 Å². The summed E-state index contributed by atoms with van der Waals surface area (Å²) in [6.45, 7) is 0. The van der Waals surface area contributed by atoms with Crippen LogP contribution in [0.2, 0.25) is 0 Å². The number of sulfonamides is 1. The lowest BCUT2D eigenvalue weighted by Crippen LogP contribution is -2.38. The van der Waals surface area contributed by atoms with Crippen molar-refractivity contribution in [3.8, 4) is 10.4 Å². The molecule has 11 heteroatoms. The first-order valence-corrected chi connectivity index (χ1v) is 11.7. The molecule has 4 rings (SSSR count). The van der Waals surface area contributed by atoms with E-state index in [0.717, 1.165) is 18.9 Å². The van der Waals surface area contributed by atoms with Gasteiger partial charge in [-0.1, -0.05) is 6.07 Å². The van der Waals surface area contributed by atoms with Gasteiger partial charge in [0.1, 0.15) is 12.7 Å². The molecule has 0 aliphatic heterocycles. The highest BCUT2D eigenvalue weighted by atomic mass is 32.2. The molecule has 1 aliphatic carbocycles. The molecule has 0 unspecified atom stereocenters. The van der Waals surface area contributed by atoms with Crippen LogP contribution in [0.15, 0.2) is 53.3 Å². The molecule has 1 fully saturated rings. The highest BCUT2D eigenvalue weighted by Gasteiger charge is 2.34. The van der Waals surface area contributed by atoms with Crippen molar-refractivity contribution in [1.82, 2.24) is 19.5 Å². The maximum Gasteiger partial charge on any atom is 0.416 e. The molecule has 0 spiro atoms. The quantitative estimate of drug-likeness (QED) is 0.614. The van der Waals surface area contributed by atoms with Crippen LogP contribution in [0.1, 0.15) is 37.3 Å². The second-order valence-corrected chi connectivity index (χ2v) is 9.93. The Bertz CT molecular complexity index is 1100. The monoisotopic (exact) mass is 456 g/mol. The number of hydrogen-bond donors (Lipinski definition) is 1. The van der Waals surface area contributed by atoms with Crippen molar-refractivity contribution in [3.05, 3.63) is 53.9 Å². The van der Waals surface area contributed by atoms with Gasteiger partial charge in [-0.25, -0.2) is 13.1 Å². The first-order valence-electron chi connectivity index (χ1n) is 9.35. The molecule has 0 amide bonds. The van der Waals surface area contributed by atoms with Crippen molar-refractivity contribution in [2.75, 3.05) is 0 Å². The van der Waals surface area contributed by atoms with Crippen molar-refractivity contribution in [1.29, 1.82) is 0 Å². The van der Waals surface area contributed by atoms with Gasteiger partial charge in [-0.3, -0.25) is 0 Å². The van der Waals surface area contributed by atoms with Gasteiger partial charge in [-0.15, -0.1) is 21.5 Å². The zero-order valence-corrected chi connectivity index (χ0v) is 17.3. The summed E-state index contributed by atoms with van der Waals surface area (Å²) in [5, 5.41) is 9.29. The Hall–Kier alpha value is -2.24. The average Bonchev–Trinajstić information content (AvgIpc) is 3.41. The van der Waals surface area contributed by atoms with Gasteiger partial charge in [0, 0.05) is 17.0 Å². The number of nitrogens with one attached hydrogen (secondary N) is 1. The van der Waals surface area contributed by atoms with E-state index in [0.29, 0.717) is 23.8 Å². The van der Waals surface area contributed by atoms with Crippen LogP contribution in [0.25, 0.3) is 10.4 Å². The molecular weight excluding hydrogens is 437 g/mol. The lowest BCUT2D eigenvalue weighted by Gasteiger charge is -2.30. The summed E-state index contributed by atoms with van der Waals surface area (Å²) in [7, 11) is -4.13. The molecule has 0 saturated heterocycles. The second kappa shape index (κ2) is 8.12. The standard InChI is InChI=1S/C19H19F3N4O2S2/c20-19(21,22)14-7-13(18-5-2-6-29-18)8-17(9-14)30(27,28)25-15-3-1-4-16(10-15)26-11-23-24-12-26/h2,5-9,11-12,15-16,25H,1,3-4,10H2/t15-,16+/m0/s1. The zero-order valence-electron chi connectivity index (χ0n) is 15.7. The Kier molecular flexibility index (Phi) is 5.69. The van der Waals surface area contributed by atoms with E-state index in [9.17, 15) is 21.6 Å².